The number of hydrogen-bond donors (Lipinski definition) is 0. The van der Waals surface area contributed by atoms with E-state index in [4.69, 9.17) is 16.3 Å². The molecular formula is C15H18ClNO2. The fourth-order valence-corrected chi connectivity index (χ4v) is 2.15. The van der Waals surface area contributed by atoms with Crippen LogP contribution in [-0.4, -0.2) is 16.6 Å². The molecule has 0 fully saturated rings. The smallest absolute Gasteiger partial charge is 0.329 e. The van der Waals surface area contributed by atoms with Gasteiger partial charge in [0.2, 0.25) is 0 Å². The van der Waals surface area contributed by atoms with Gasteiger partial charge in [0.25, 0.3) is 0 Å². The molecule has 102 valence electrons. The standard InChI is InChI=1S/C15H18ClNO2/c1-4-10(2)19-15(18)11(3)17-8-7-12-9-13(16)5-6-14(12)17/h5-11H,4H2,1-3H3. The second-order valence-electron chi connectivity index (χ2n) is 4.76. The molecule has 0 amide bonds. The third-order valence-electron chi connectivity index (χ3n) is 3.33. The SMILES string of the molecule is CCC(C)OC(=O)C(C)n1ccc2cc(Cl)ccc21. The predicted octanol–water partition coefficient (Wildman–Crippen LogP) is 4.20. The van der Waals surface area contributed by atoms with E-state index in [1.54, 1.807) is 0 Å². The minimum atomic E-state index is -0.340. The van der Waals surface area contributed by atoms with E-state index in [0.717, 1.165) is 17.3 Å². The molecule has 2 aromatic rings. The number of ether oxygens (including phenoxy) is 1. The first kappa shape index (κ1) is 13.9. The van der Waals surface area contributed by atoms with Crippen LogP contribution in [0.2, 0.25) is 5.02 Å². The summed E-state index contributed by atoms with van der Waals surface area (Å²) in [6.07, 6.45) is 2.66. The lowest BCUT2D eigenvalue weighted by Gasteiger charge is -2.17. The van der Waals surface area contributed by atoms with E-state index in [2.05, 4.69) is 0 Å². The summed E-state index contributed by atoms with van der Waals surface area (Å²) in [5.74, 6) is -0.207. The van der Waals surface area contributed by atoms with Crippen molar-refractivity contribution >= 4 is 28.5 Å². The van der Waals surface area contributed by atoms with E-state index in [1.165, 1.54) is 0 Å². The summed E-state index contributed by atoms with van der Waals surface area (Å²) in [5, 5.41) is 1.72. The molecule has 2 atom stereocenters. The van der Waals surface area contributed by atoms with Gasteiger partial charge in [-0.15, -0.1) is 0 Å². The molecule has 1 aromatic carbocycles. The second kappa shape index (κ2) is 5.66. The summed E-state index contributed by atoms with van der Waals surface area (Å²) in [7, 11) is 0. The number of rotatable bonds is 4. The molecule has 0 aliphatic rings. The minimum Gasteiger partial charge on any atom is -0.461 e. The topological polar surface area (TPSA) is 31.2 Å². The normalized spacial score (nSPS) is 14.3. The van der Waals surface area contributed by atoms with Crippen LogP contribution >= 0.6 is 11.6 Å². The van der Waals surface area contributed by atoms with Gasteiger partial charge in [0, 0.05) is 22.1 Å². The fraction of sp³-hybridized carbons (Fsp3) is 0.400. The Morgan fingerprint density at radius 1 is 1.37 bits per heavy atom. The van der Waals surface area contributed by atoms with Gasteiger partial charge in [0.1, 0.15) is 6.04 Å². The Labute approximate surface area is 118 Å². The minimum absolute atomic E-state index is 0.0498. The van der Waals surface area contributed by atoms with Crippen LogP contribution in [0.1, 0.15) is 33.2 Å². The molecule has 0 aliphatic heterocycles. The number of fused-ring (bicyclic) bond motifs is 1. The molecule has 19 heavy (non-hydrogen) atoms. The van der Waals surface area contributed by atoms with Gasteiger partial charge in [-0.3, -0.25) is 0 Å². The van der Waals surface area contributed by atoms with Crippen molar-refractivity contribution in [3.8, 4) is 0 Å². The van der Waals surface area contributed by atoms with Crippen LogP contribution in [0.4, 0.5) is 0 Å². The molecular weight excluding hydrogens is 262 g/mol. The van der Waals surface area contributed by atoms with Crippen molar-refractivity contribution < 1.29 is 9.53 Å². The zero-order chi connectivity index (χ0) is 14.0. The molecule has 0 saturated carbocycles. The molecule has 0 N–H and O–H groups in total. The van der Waals surface area contributed by atoms with E-state index >= 15 is 0 Å². The highest BCUT2D eigenvalue weighted by atomic mass is 35.5. The van der Waals surface area contributed by atoms with Gasteiger partial charge in [-0.05, 0) is 44.5 Å². The zero-order valence-corrected chi connectivity index (χ0v) is 12.1. The number of carbonyl (C=O) groups excluding carboxylic acids is 1. The number of hydrogen-bond acceptors (Lipinski definition) is 2. The number of aromatic nitrogens is 1. The lowest BCUT2D eigenvalue weighted by Crippen LogP contribution is -2.22. The van der Waals surface area contributed by atoms with Crippen LogP contribution in [0.25, 0.3) is 10.9 Å². The van der Waals surface area contributed by atoms with Crippen LogP contribution in [0.3, 0.4) is 0 Å². The maximum Gasteiger partial charge on any atom is 0.329 e. The maximum absolute atomic E-state index is 12.1. The Hall–Kier alpha value is -1.48. The number of nitrogens with zero attached hydrogens (tertiary/aromatic N) is 1. The van der Waals surface area contributed by atoms with Gasteiger partial charge < -0.3 is 9.30 Å². The first-order chi connectivity index (χ1) is 9.02. The molecule has 2 rings (SSSR count). The Morgan fingerprint density at radius 2 is 2.11 bits per heavy atom. The first-order valence-corrected chi connectivity index (χ1v) is 6.87. The largest absolute Gasteiger partial charge is 0.461 e. The van der Waals surface area contributed by atoms with Gasteiger partial charge in [-0.2, -0.15) is 0 Å². The fourth-order valence-electron chi connectivity index (χ4n) is 1.97. The summed E-state index contributed by atoms with van der Waals surface area (Å²) >= 11 is 5.96. The van der Waals surface area contributed by atoms with Crippen LogP contribution in [0.5, 0.6) is 0 Å². The quantitative estimate of drug-likeness (QED) is 0.786. The molecule has 4 heteroatoms. The van der Waals surface area contributed by atoms with Crippen molar-refractivity contribution in [3.63, 3.8) is 0 Å². The Morgan fingerprint density at radius 3 is 2.79 bits per heavy atom. The van der Waals surface area contributed by atoms with Gasteiger partial charge in [0.15, 0.2) is 0 Å². The van der Waals surface area contributed by atoms with Crippen molar-refractivity contribution in [1.29, 1.82) is 0 Å². The van der Waals surface area contributed by atoms with E-state index in [-0.39, 0.29) is 18.1 Å². The summed E-state index contributed by atoms with van der Waals surface area (Å²) in [4.78, 5) is 12.1. The average molecular weight is 280 g/mol. The van der Waals surface area contributed by atoms with E-state index in [1.807, 2.05) is 55.8 Å². The van der Waals surface area contributed by atoms with Crippen LogP contribution in [-0.2, 0) is 9.53 Å². The molecule has 1 heterocycles. The second-order valence-corrected chi connectivity index (χ2v) is 5.19. The number of carbonyl (C=O) groups is 1. The molecule has 0 saturated heterocycles. The van der Waals surface area contributed by atoms with Gasteiger partial charge in [0.05, 0.1) is 6.10 Å². The predicted molar refractivity (Wildman–Crippen MR) is 77.5 cm³/mol. The van der Waals surface area contributed by atoms with Crippen molar-refractivity contribution in [3.05, 3.63) is 35.5 Å². The van der Waals surface area contributed by atoms with Crippen molar-refractivity contribution in [1.82, 2.24) is 4.57 Å². The number of halogens is 1. The number of esters is 1. The highest BCUT2D eigenvalue weighted by Gasteiger charge is 2.19. The van der Waals surface area contributed by atoms with Crippen molar-refractivity contribution in [2.75, 3.05) is 0 Å². The monoisotopic (exact) mass is 279 g/mol. The number of benzene rings is 1. The average Bonchev–Trinajstić information content (AvgIpc) is 2.80. The summed E-state index contributed by atoms with van der Waals surface area (Å²) in [5.41, 5.74) is 0.984. The third-order valence-corrected chi connectivity index (χ3v) is 3.57. The molecule has 0 aliphatic carbocycles. The molecule has 2 unspecified atom stereocenters. The van der Waals surface area contributed by atoms with Crippen molar-refractivity contribution in [2.24, 2.45) is 0 Å². The van der Waals surface area contributed by atoms with Gasteiger partial charge >= 0.3 is 5.97 Å². The highest BCUT2D eigenvalue weighted by Crippen LogP contribution is 2.24. The van der Waals surface area contributed by atoms with E-state index < -0.39 is 0 Å². The van der Waals surface area contributed by atoms with E-state index in [9.17, 15) is 4.79 Å². The zero-order valence-electron chi connectivity index (χ0n) is 11.4. The third kappa shape index (κ3) is 2.92. The summed E-state index contributed by atoms with van der Waals surface area (Å²) in [6, 6.07) is 7.25. The van der Waals surface area contributed by atoms with Crippen molar-refractivity contribution in [2.45, 2.75) is 39.3 Å². The van der Waals surface area contributed by atoms with Gasteiger partial charge in [-0.1, -0.05) is 18.5 Å². The molecule has 0 bridgehead atoms. The van der Waals surface area contributed by atoms with E-state index in [0.29, 0.717) is 5.02 Å². The van der Waals surface area contributed by atoms with Crippen LogP contribution in [0, 0.1) is 0 Å². The molecule has 3 nitrogen and oxygen atoms in total. The lowest BCUT2D eigenvalue weighted by atomic mass is 10.2. The maximum atomic E-state index is 12.1. The molecule has 1 aromatic heterocycles. The Bertz CT molecular complexity index is 591. The molecule has 0 spiro atoms. The van der Waals surface area contributed by atoms with Gasteiger partial charge in [-0.25, -0.2) is 4.79 Å². The highest BCUT2D eigenvalue weighted by molar-refractivity contribution is 6.31. The lowest BCUT2D eigenvalue weighted by molar-refractivity contribution is -0.151. The molecule has 0 radical (unpaired) electrons. The van der Waals surface area contributed by atoms with Crippen LogP contribution < -0.4 is 0 Å². The summed E-state index contributed by atoms with van der Waals surface area (Å²) in [6.45, 7) is 5.74. The van der Waals surface area contributed by atoms with Crippen LogP contribution in [0.15, 0.2) is 30.5 Å². The Kier molecular flexibility index (Phi) is 4.15. The Balaban J connectivity index is 2.26. The first-order valence-electron chi connectivity index (χ1n) is 6.49. The summed E-state index contributed by atoms with van der Waals surface area (Å²) < 4.78 is 7.28.